The van der Waals surface area contributed by atoms with Gasteiger partial charge in [0.25, 0.3) is 0 Å². The zero-order valence-electron chi connectivity index (χ0n) is 14.5. The molecule has 0 saturated heterocycles. The smallest absolute Gasteiger partial charge is 0.314 e. The van der Waals surface area contributed by atoms with Crippen LogP contribution >= 0.6 is 0 Å². The number of amides is 2. The van der Waals surface area contributed by atoms with Crippen LogP contribution in [0.2, 0.25) is 0 Å². The summed E-state index contributed by atoms with van der Waals surface area (Å²) >= 11 is 0. The molecule has 6 heteroatoms. The zero-order valence-corrected chi connectivity index (χ0v) is 14.5. The van der Waals surface area contributed by atoms with Crippen LogP contribution in [0.4, 0.5) is 4.79 Å². The SMILES string of the molecule is CCC(O)(CC)CNC(=O)NCCCc1c(C)nn(C)c1C. The average Bonchev–Trinajstić information content (AvgIpc) is 2.74. The third kappa shape index (κ3) is 5.02. The lowest BCUT2D eigenvalue weighted by Crippen LogP contribution is -2.46. The molecule has 0 spiro atoms. The predicted molar refractivity (Wildman–Crippen MR) is 87.9 cm³/mol. The molecule has 0 radical (unpaired) electrons. The molecule has 126 valence electrons. The third-order valence-electron chi connectivity index (χ3n) is 4.44. The van der Waals surface area contributed by atoms with Gasteiger partial charge in [0.15, 0.2) is 0 Å². The number of hydrogen-bond donors (Lipinski definition) is 3. The third-order valence-corrected chi connectivity index (χ3v) is 4.44. The first-order valence-corrected chi connectivity index (χ1v) is 8.06. The second-order valence-corrected chi connectivity index (χ2v) is 5.92. The van der Waals surface area contributed by atoms with Crippen molar-refractivity contribution in [3.05, 3.63) is 17.0 Å². The molecule has 0 aliphatic rings. The monoisotopic (exact) mass is 310 g/mol. The molecule has 1 rings (SSSR count). The van der Waals surface area contributed by atoms with Crippen molar-refractivity contribution in [1.29, 1.82) is 0 Å². The van der Waals surface area contributed by atoms with Crippen molar-refractivity contribution in [3.8, 4) is 0 Å². The van der Waals surface area contributed by atoms with Crippen LogP contribution in [0.1, 0.15) is 50.1 Å². The van der Waals surface area contributed by atoms with Crippen molar-refractivity contribution >= 4 is 6.03 Å². The molecule has 0 bridgehead atoms. The van der Waals surface area contributed by atoms with Gasteiger partial charge in [0.2, 0.25) is 0 Å². The maximum Gasteiger partial charge on any atom is 0.314 e. The maximum atomic E-state index is 11.7. The first-order valence-electron chi connectivity index (χ1n) is 8.06. The van der Waals surface area contributed by atoms with E-state index in [1.54, 1.807) is 0 Å². The topological polar surface area (TPSA) is 79.2 Å². The Balaban J connectivity index is 2.28. The molecule has 22 heavy (non-hydrogen) atoms. The highest BCUT2D eigenvalue weighted by Crippen LogP contribution is 2.14. The van der Waals surface area contributed by atoms with Gasteiger partial charge in [-0.1, -0.05) is 13.8 Å². The van der Waals surface area contributed by atoms with E-state index in [2.05, 4.69) is 22.7 Å². The highest BCUT2D eigenvalue weighted by Gasteiger charge is 2.22. The molecule has 0 fully saturated rings. The average molecular weight is 310 g/mol. The highest BCUT2D eigenvalue weighted by molar-refractivity contribution is 5.73. The van der Waals surface area contributed by atoms with Crippen molar-refractivity contribution in [2.75, 3.05) is 13.1 Å². The van der Waals surface area contributed by atoms with Gasteiger partial charge < -0.3 is 15.7 Å². The number of hydrogen-bond acceptors (Lipinski definition) is 3. The Kier molecular flexibility index (Phi) is 6.87. The molecule has 3 N–H and O–H groups in total. The number of aliphatic hydroxyl groups is 1. The van der Waals surface area contributed by atoms with Crippen molar-refractivity contribution in [2.45, 2.75) is 59.0 Å². The van der Waals surface area contributed by atoms with E-state index < -0.39 is 5.60 Å². The van der Waals surface area contributed by atoms with Gasteiger partial charge in [-0.2, -0.15) is 5.10 Å². The van der Waals surface area contributed by atoms with Crippen LogP contribution in [-0.4, -0.2) is 39.6 Å². The molecular formula is C16H30N4O2. The van der Waals surface area contributed by atoms with Gasteiger partial charge in [-0.05, 0) is 45.1 Å². The van der Waals surface area contributed by atoms with Crippen LogP contribution in [-0.2, 0) is 13.5 Å². The number of aromatic nitrogens is 2. The molecule has 0 atom stereocenters. The van der Waals surface area contributed by atoms with E-state index in [4.69, 9.17) is 0 Å². The van der Waals surface area contributed by atoms with Gasteiger partial charge in [0.05, 0.1) is 11.3 Å². The number of carbonyl (C=O) groups excluding carboxylic acids is 1. The number of rotatable bonds is 8. The zero-order chi connectivity index (χ0) is 16.8. The molecule has 2 amide bonds. The maximum absolute atomic E-state index is 11.7. The summed E-state index contributed by atoms with van der Waals surface area (Å²) in [6.45, 7) is 8.80. The van der Waals surface area contributed by atoms with Crippen LogP contribution in [0.15, 0.2) is 0 Å². The molecule has 0 unspecified atom stereocenters. The molecule has 0 aromatic carbocycles. The summed E-state index contributed by atoms with van der Waals surface area (Å²) in [6, 6.07) is -0.222. The summed E-state index contributed by atoms with van der Waals surface area (Å²) in [7, 11) is 1.94. The largest absolute Gasteiger partial charge is 0.388 e. The Labute approximate surface area is 133 Å². The summed E-state index contributed by atoms with van der Waals surface area (Å²) in [6.07, 6.45) is 3.03. The van der Waals surface area contributed by atoms with Gasteiger partial charge in [0.1, 0.15) is 0 Å². The lowest BCUT2D eigenvalue weighted by Gasteiger charge is -2.25. The van der Waals surface area contributed by atoms with Crippen molar-refractivity contribution in [1.82, 2.24) is 20.4 Å². The predicted octanol–water partition coefficient (Wildman–Crippen LogP) is 1.82. The molecule has 0 aliphatic carbocycles. The lowest BCUT2D eigenvalue weighted by molar-refractivity contribution is 0.0349. The number of urea groups is 1. The van der Waals surface area contributed by atoms with Gasteiger partial charge in [-0.3, -0.25) is 4.68 Å². The minimum Gasteiger partial charge on any atom is -0.388 e. The van der Waals surface area contributed by atoms with E-state index in [9.17, 15) is 9.90 Å². The van der Waals surface area contributed by atoms with Crippen LogP contribution in [0.3, 0.4) is 0 Å². The van der Waals surface area contributed by atoms with Gasteiger partial charge >= 0.3 is 6.03 Å². The number of carbonyl (C=O) groups is 1. The van der Waals surface area contributed by atoms with E-state index in [1.807, 2.05) is 32.5 Å². The highest BCUT2D eigenvalue weighted by atomic mass is 16.3. The number of nitrogens with one attached hydrogen (secondary N) is 2. The van der Waals surface area contributed by atoms with Crippen LogP contribution in [0.25, 0.3) is 0 Å². The Morgan fingerprint density at radius 1 is 1.27 bits per heavy atom. The van der Waals surface area contributed by atoms with E-state index in [0.29, 0.717) is 19.4 Å². The fourth-order valence-corrected chi connectivity index (χ4v) is 2.45. The summed E-state index contributed by atoms with van der Waals surface area (Å²) in [5.41, 5.74) is 2.69. The molecule has 0 saturated carbocycles. The molecule has 1 aromatic rings. The van der Waals surface area contributed by atoms with Crippen LogP contribution < -0.4 is 10.6 Å². The Morgan fingerprint density at radius 2 is 1.91 bits per heavy atom. The van der Waals surface area contributed by atoms with E-state index in [1.165, 1.54) is 11.3 Å². The van der Waals surface area contributed by atoms with Gasteiger partial charge in [-0.15, -0.1) is 0 Å². The lowest BCUT2D eigenvalue weighted by atomic mass is 9.98. The van der Waals surface area contributed by atoms with Gasteiger partial charge in [-0.25, -0.2) is 4.79 Å². The van der Waals surface area contributed by atoms with Crippen LogP contribution in [0, 0.1) is 13.8 Å². The molecule has 0 aliphatic heterocycles. The number of nitrogens with zero attached hydrogens (tertiary/aromatic N) is 2. The van der Waals surface area contributed by atoms with Gasteiger partial charge in [0, 0.05) is 25.8 Å². The second-order valence-electron chi connectivity index (χ2n) is 5.92. The van der Waals surface area contributed by atoms with Crippen LogP contribution in [0.5, 0.6) is 0 Å². The Hall–Kier alpha value is -1.56. The fraction of sp³-hybridized carbons (Fsp3) is 0.750. The van der Waals surface area contributed by atoms with E-state index in [0.717, 1.165) is 18.5 Å². The second kappa shape index (κ2) is 8.17. The minimum atomic E-state index is -0.804. The first kappa shape index (κ1) is 18.5. The van der Waals surface area contributed by atoms with Crippen molar-refractivity contribution in [2.24, 2.45) is 7.05 Å². The van der Waals surface area contributed by atoms with E-state index in [-0.39, 0.29) is 12.6 Å². The quantitative estimate of drug-likeness (QED) is 0.641. The van der Waals surface area contributed by atoms with Crippen molar-refractivity contribution < 1.29 is 9.90 Å². The summed E-state index contributed by atoms with van der Waals surface area (Å²) in [5, 5.41) is 20.1. The van der Waals surface area contributed by atoms with E-state index >= 15 is 0 Å². The molecule has 1 heterocycles. The summed E-state index contributed by atoms with van der Waals surface area (Å²) in [4.78, 5) is 11.7. The molecular weight excluding hydrogens is 280 g/mol. The Morgan fingerprint density at radius 3 is 2.41 bits per heavy atom. The molecule has 1 aromatic heterocycles. The number of aryl methyl sites for hydroxylation is 2. The minimum absolute atomic E-state index is 0.222. The first-order chi connectivity index (χ1) is 10.3. The summed E-state index contributed by atoms with van der Waals surface area (Å²) < 4.78 is 1.89. The van der Waals surface area contributed by atoms with Crippen molar-refractivity contribution in [3.63, 3.8) is 0 Å². The standard InChI is InChI=1S/C16H30N4O2/c1-6-16(22,7-2)11-18-15(21)17-10-8-9-14-12(3)19-20(5)13(14)4/h22H,6-11H2,1-5H3,(H2,17,18,21). The molecule has 6 nitrogen and oxygen atoms in total. The fourth-order valence-electron chi connectivity index (χ4n) is 2.45. The Bertz CT molecular complexity index is 493. The summed E-state index contributed by atoms with van der Waals surface area (Å²) in [5.74, 6) is 0. The normalized spacial score (nSPS) is 11.5.